The summed E-state index contributed by atoms with van der Waals surface area (Å²) in [5.41, 5.74) is 3.00. The number of likely N-dealkylation sites (tertiary alicyclic amines) is 1. The quantitative estimate of drug-likeness (QED) is 0.384. The standard InChI is InChI=1S/C31H39N5O3/c1-21-11-12-24(30(37)33-25-13-14-25)18-27(21)36-17-15-32-29(31(36)38)34-28(23-8-5-4-6-9-23)22(2)19-35-16-7-10-26(35)20-39-3/h4-6,8-9,11-12,15,17-18,22,25-26,28H,7,10,13-14,16,19-20H2,1-3H3,(H,32,34)(H,33,37)/t22-,26-,28-/m1/s1. The van der Waals surface area contributed by atoms with Gasteiger partial charge in [-0.1, -0.05) is 43.3 Å². The predicted octanol–water partition coefficient (Wildman–Crippen LogP) is 4.33. The zero-order chi connectivity index (χ0) is 27.4. The van der Waals surface area contributed by atoms with E-state index in [-0.39, 0.29) is 29.5 Å². The topological polar surface area (TPSA) is 88.5 Å². The van der Waals surface area contributed by atoms with E-state index in [9.17, 15) is 9.59 Å². The average Bonchev–Trinajstić information content (AvgIpc) is 3.66. The highest BCUT2D eigenvalue weighted by Crippen LogP contribution is 2.29. The molecule has 1 saturated heterocycles. The molecule has 2 N–H and O–H groups in total. The van der Waals surface area contributed by atoms with Gasteiger partial charge in [0.25, 0.3) is 11.5 Å². The van der Waals surface area contributed by atoms with E-state index in [4.69, 9.17) is 4.74 Å². The Bertz CT molecular complexity index is 1340. The summed E-state index contributed by atoms with van der Waals surface area (Å²) >= 11 is 0. The van der Waals surface area contributed by atoms with Crippen molar-refractivity contribution in [1.82, 2.24) is 19.8 Å². The molecule has 3 aromatic rings. The molecule has 2 aromatic carbocycles. The minimum absolute atomic E-state index is 0.106. The Morgan fingerprint density at radius 3 is 2.69 bits per heavy atom. The summed E-state index contributed by atoms with van der Waals surface area (Å²) in [6.07, 6.45) is 7.67. The average molecular weight is 530 g/mol. The molecule has 1 saturated carbocycles. The lowest BCUT2D eigenvalue weighted by Gasteiger charge is -2.32. The van der Waals surface area contributed by atoms with Crippen LogP contribution in [0.15, 0.2) is 65.7 Å². The van der Waals surface area contributed by atoms with Crippen molar-refractivity contribution in [2.24, 2.45) is 5.92 Å². The molecule has 2 heterocycles. The zero-order valence-electron chi connectivity index (χ0n) is 23.1. The molecule has 8 heteroatoms. The van der Waals surface area contributed by atoms with Crippen LogP contribution in [0, 0.1) is 12.8 Å². The number of amides is 1. The fraction of sp³-hybridized carbons (Fsp3) is 0.452. The molecule has 0 bridgehead atoms. The van der Waals surface area contributed by atoms with E-state index in [1.54, 1.807) is 30.1 Å². The Morgan fingerprint density at radius 1 is 1.15 bits per heavy atom. The molecule has 2 aliphatic rings. The fourth-order valence-electron chi connectivity index (χ4n) is 5.56. The molecule has 0 radical (unpaired) electrons. The third kappa shape index (κ3) is 6.40. The summed E-state index contributed by atoms with van der Waals surface area (Å²) in [5, 5.41) is 6.53. The van der Waals surface area contributed by atoms with Gasteiger partial charge in [-0.25, -0.2) is 4.98 Å². The smallest absolute Gasteiger partial charge is 0.297 e. The molecule has 5 rings (SSSR count). The van der Waals surface area contributed by atoms with E-state index >= 15 is 0 Å². The molecule has 1 aliphatic carbocycles. The molecule has 1 amide bonds. The largest absolute Gasteiger partial charge is 0.383 e. The van der Waals surface area contributed by atoms with Crippen LogP contribution < -0.4 is 16.2 Å². The van der Waals surface area contributed by atoms with Crippen molar-refractivity contribution in [2.45, 2.75) is 57.7 Å². The van der Waals surface area contributed by atoms with Gasteiger partial charge in [0.1, 0.15) is 0 Å². The Hall–Kier alpha value is -3.49. The highest BCUT2D eigenvalue weighted by Gasteiger charge is 2.30. The third-order valence-electron chi connectivity index (χ3n) is 7.88. The molecule has 2 fully saturated rings. The van der Waals surface area contributed by atoms with Crippen molar-refractivity contribution in [3.8, 4) is 5.69 Å². The Kier molecular flexibility index (Phi) is 8.43. The first-order valence-corrected chi connectivity index (χ1v) is 14.0. The van der Waals surface area contributed by atoms with Gasteiger partial charge in [0, 0.05) is 43.7 Å². The Labute approximate surface area is 230 Å². The number of methoxy groups -OCH3 is 1. The van der Waals surface area contributed by atoms with E-state index in [2.05, 4.69) is 39.6 Å². The number of carbonyl (C=O) groups excluding carboxylic acids is 1. The minimum Gasteiger partial charge on any atom is -0.383 e. The number of hydrogen-bond donors (Lipinski definition) is 2. The number of aryl methyl sites for hydroxylation is 1. The van der Waals surface area contributed by atoms with Gasteiger partial charge in [0.2, 0.25) is 0 Å². The minimum atomic E-state index is -0.244. The second-order valence-corrected chi connectivity index (χ2v) is 11.0. The lowest BCUT2D eigenvalue weighted by molar-refractivity contribution is 0.0951. The van der Waals surface area contributed by atoms with Crippen molar-refractivity contribution in [2.75, 3.05) is 32.1 Å². The molecule has 1 aromatic heterocycles. The normalized spacial score (nSPS) is 19.0. The zero-order valence-corrected chi connectivity index (χ0v) is 23.1. The molecule has 39 heavy (non-hydrogen) atoms. The van der Waals surface area contributed by atoms with E-state index in [0.29, 0.717) is 23.1 Å². The highest BCUT2D eigenvalue weighted by atomic mass is 16.5. The molecular weight excluding hydrogens is 490 g/mol. The summed E-state index contributed by atoms with van der Waals surface area (Å²) in [5.74, 6) is 0.391. The van der Waals surface area contributed by atoms with Gasteiger partial charge in [-0.2, -0.15) is 0 Å². The molecular formula is C31H39N5O3. The molecule has 8 nitrogen and oxygen atoms in total. The van der Waals surface area contributed by atoms with Crippen molar-refractivity contribution in [3.05, 3.63) is 88.0 Å². The van der Waals surface area contributed by atoms with Crippen LogP contribution in [0.2, 0.25) is 0 Å². The number of nitrogens with zero attached hydrogens (tertiary/aromatic N) is 3. The van der Waals surface area contributed by atoms with E-state index in [1.807, 2.05) is 37.3 Å². The van der Waals surface area contributed by atoms with Gasteiger partial charge < -0.3 is 15.4 Å². The van der Waals surface area contributed by atoms with Gasteiger partial charge >= 0.3 is 0 Å². The maximum atomic E-state index is 13.8. The summed E-state index contributed by atoms with van der Waals surface area (Å²) < 4.78 is 7.05. The van der Waals surface area contributed by atoms with Crippen molar-refractivity contribution in [3.63, 3.8) is 0 Å². The Morgan fingerprint density at radius 2 is 1.95 bits per heavy atom. The van der Waals surface area contributed by atoms with Crippen LogP contribution in [0.5, 0.6) is 0 Å². The van der Waals surface area contributed by atoms with E-state index in [0.717, 1.165) is 50.1 Å². The van der Waals surface area contributed by atoms with Gasteiger partial charge in [0.15, 0.2) is 5.82 Å². The molecule has 206 valence electrons. The van der Waals surface area contributed by atoms with Crippen LogP contribution >= 0.6 is 0 Å². The first-order chi connectivity index (χ1) is 18.9. The Balaban J connectivity index is 1.42. The highest BCUT2D eigenvalue weighted by molar-refractivity contribution is 5.95. The predicted molar refractivity (Wildman–Crippen MR) is 153 cm³/mol. The lowest BCUT2D eigenvalue weighted by atomic mass is 9.93. The summed E-state index contributed by atoms with van der Waals surface area (Å²) in [6.45, 7) is 6.84. The molecule has 0 spiro atoms. The van der Waals surface area contributed by atoms with Crippen LogP contribution in [0.1, 0.15) is 60.1 Å². The third-order valence-corrected chi connectivity index (χ3v) is 7.88. The van der Waals surface area contributed by atoms with Crippen LogP contribution in [-0.4, -0.2) is 59.2 Å². The maximum absolute atomic E-state index is 13.8. The number of rotatable bonds is 11. The molecule has 3 atom stereocenters. The second kappa shape index (κ2) is 12.1. The maximum Gasteiger partial charge on any atom is 0.297 e. The monoisotopic (exact) mass is 529 g/mol. The molecule has 0 unspecified atom stereocenters. The van der Waals surface area contributed by atoms with Gasteiger partial charge in [-0.15, -0.1) is 0 Å². The van der Waals surface area contributed by atoms with Crippen molar-refractivity contribution < 1.29 is 9.53 Å². The van der Waals surface area contributed by atoms with Gasteiger partial charge in [-0.05, 0) is 68.3 Å². The first-order valence-electron chi connectivity index (χ1n) is 14.0. The number of ether oxygens (including phenoxy) is 1. The number of aromatic nitrogens is 2. The van der Waals surface area contributed by atoms with Crippen LogP contribution in [0.4, 0.5) is 5.82 Å². The van der Waals surface area contributed by atoms with E-state index < -0.39 is 0 Å². The van der Waals surface area contributed by atoms with Gasteiger partial charge in [0.05, 0.1) is 18.3 Å². The first kappa shape index (κ1) is 27.1. The number of carbonyl (C=O) groups is 1. The summed E-state index contributed by atoms with van der Waals surface area (Å²) in [7, 11) is 1.76. The number of benzene rings is 2. The van der Waals surface area contributed by atoms with Crippen molar-refractivity contribution in [1.29, 1.82) is 0 Å². The number of nitrogens with one attached hydrogen (secondary N) is 2. The molecule has 1 aliphatic heterocycles. The lowest BCUT2D eigenvalue weighted by Crippen LogP contribution is -2.39. The van der Waals surface area contributed by atoms with Crippen LogP contribution in [0.3, 0.4) is 0 Å². The number of anilines is 1. The fourth-order valence-corrected chi connectivity index (χ4v) is 5.56. The van der Waals surface area contributed by atoms with Gasteiger partial charge in [-0.3, -0.25) is 19.1 Å². The summed E-state index contributed by atoms with van der Waals surface area (Å²) in [6, 6.07) is 16.3. The summed E-state index contributed by atoms with van der Waals surface area (Å²) in [4.78, 5) is 33.4. The van der Waals surface area contributed by atoms with Crippen molar-refractivity contribution >= 4 is 11.7 Å². The van der Waals surface area contributed by atoms with Crippen LogP contribution in [-0.2, 0) is 4.74 Å². The van der Waals surface area contributed by atoms with Crippen LogP contribution in [0.25, 0.3) is 5.69 Å². The number of hydrogen-bond acceptors (Lipinski definition) is 6. The SMILES string of the molecule is COC[C@H]1CCCN1C[C@@H](C)[C@@H](Nc1nccn(-c2cc(C(=O)NC3CC3)ccc2C)c1=O)c1ccccc1. The second-order valence-electron chi connectivity index (χ2n) is 11.0. The van der Waals surface area contributed by atoms with E-state index in [1.165, 1.54) is 6.42 Å².